The van der Waals surface area contributed by atoms with Gasteiger partial charge >= 0.3 is 0 Å². The zero-order chi connectivity index (χ0) is 11.6. The van der Waals surface area contributed by atoms with Crippen LogP contribution < -0.4 is 5.32 Å². The van der Waals surface area contributed by atoms with Crippen LogP contribution in [0.1, 0.15) is 5.56 Å². The summed E-state index contributed by atoms with van der Waals surface area (Å²) in [5.74, 6) is 2.58. The van der Waals surface area contributed by atoms with Gasteiger partial charge in [-0.1, -0.05) is 5.92 Å². The van der Waals surface area contributed by atoms with E-state index in [1.54, 1.807) is 7.11 Å². The minimum Gasteiger partial charge on any atom is -0.383 e. The number of rotatable bonds is 7. The Balaban J connectivity index is 2.15. The standard InChI is InChI=1S/C13H17NO2/c1-3-12-4-6-13(7-5-12)14-8-9-16-11-10-15-2/h1,4-7,14H,8-11H2,2H3. The van der Waals surface area contributed by atoms with E-state index in [4.69, 9.17) is 15.9 Å². The topological polar surface area (TPSA) is 30.5 Å². The predicted octanol–water partition coefficient (Wildman–Crippen LogP) is 1.74. The minimum absolute atomic E-state index is 0.633. The maximum absolute atomic E-state index is 5.32. The summed E-state index contributed by atoms with van der Waals surface area (Å²) >= 11 is 0. The van der Waals surface area contributed by atoms with Crippen molar-refractivity contribution in [3.8, 4) is 12.3 Å². The molecule has 0 saturated carbocycles. The second-order valence-electron chi connectivity index (χ2n) is 3.25. The van der Waals surface area contributed by atoms with E-state index in [1.807, 2.05) is 24.3 Å². The summed E-state index contributed by atoms with van der Waals surface area (Å²) in [5.41, 5.74) is 1.94. The Hall–Kier alpha value is -1.50. The van der Waals surface area contributed by atoms with Crippen LogP contribution in [0.25, 0.3) is 0 Å². The zero-order valence-corrected chi connectivity index (χ0v) is 9.53. The molecule has 1 aromatic carbocycles. The predicted molar refractivity (Wildman–Crippen MR) is 65.6 cm³/mol. The maximum Gasteiger partial charge on any atom is 0.0701 e. The van der Waals surface area contributed by atoms with Crippen LogP contribution in [0, 0.1) is 12.3 Å². The van der Waals surface area contributed by atoms with Crippen LogP contribution in [0.5, 0.6) is 0 Å². The van der Waals surface area contributed by atoms with Crippen molar-refractivity contribution < 1.29 is 9.47 Å². The van der Waals surface area contributed by atoms with Crippen LogP contribution in [0.15, 0.2) is 24.3 Å². The summed E-state index contributed by atoms with van der Waals surface area (Å²) in [5, 5.41) is 3.24. The molecule has 0 aliphatic rings. The Bertz CT molecular complexity index is 327. The van der Waals surface area contributed by atoms with Gasteiger partial charge in [0.25, 0.3) is 0 Å². The van der Waals surface area contributed by atoms with E-state index in [9.17, 15) is 0 Å². The highest BCUT2D eigenvalue weighted by molar-refractivity contribution is 5.47. The van der Waals surface area contributed by atoms with Crippen LogP contribution in [-0.4, -0.2) is 33.5 Å². The van der Waals surface area contributed by atoms with Gasteiger partial charge in [-0.15, -0.1) is 6.42 Å². The van der Waals surface area contributed by atoms with Crippen molar-refractivity contribution in [3.63, 3.8) is 0 Å². The number of terminal acetylenes is 1. The molecular formula is C13H17NO2. The third-order valence-electron chi connectivity index (χ3n) is 2.06. The highest BCUT2D eigenvalue weighted by atomic mass is 16.5. The highest BCUT2D eigenvalue weighted by Gasteiger charge is 1.92. The summed E-state index contributed by atoms with van der Waals surface area (Å²) in [6.07, 6.45) is 5.27. The molecule has 1 rings (SSSR count). The number of anilines is 1. The fourth-order valence-electron chi connectivity index (χ4n) is 1.20. The number of benzene rings is 1. The first-order chi connectivity index (χ1) is 7.86. The van der Waals surface area contributed by atoms with Crippen molar-refractivity contribution in [3.05, 3.63) is 29.8 Å². The van der Waals surface area contributed by atoms with E-state index in [0.29, 0.717) is 19.8 Å². The Kier molecular flexibility index (Phi) is 6.09. The van der Waals surface area contributed by atoms with Crippen LogP contribution in [0.3, 0.4) is 0 Å². The van der Waals surface area contributed by atoms with E-state index in [0.717, 1.165) is 17.8 Å². The van der Waals surface area contributed by atoms with E-state index < -0.39 is 0 Å². The molecule has 0 atom stereocenters. The molecule has 0 aliphatic carbocycles. The quantitative estimate of drug-likeness (QED) is 0.559. The summed E-state index contributed by atoms with van der Waals surface area (Å²) < 4.78 is 10.2. The Morgan fingerprint density at radius 3 is 2.56 bits per heavy atom. The summed E-state index contributed by atoms with van der Waals surface area (Å²) in [4.78, 5) is 0. The van der Waals surface area contributed by atoms with E-state index in [1.165, 1.54) is 0 Å². The summed E-state index contributed by atoms with van der Waals surface area (Å²) in [6, 6.07) is 7.75. The summed E-state index contributed by atoms with van der Waals surface area (Å²) in [7, 11) is 1.66. The van der Waals surface area contributed by atoms with Gasteiger partial charge in [0.1, 0.15) is 0 Å². The van der Waals surface area contributed by atoms with Gasteiger partial charge in [-0.25, -0.2) is 0 Å². The Morgan fingerprint density at radius 2 is 1.94 bits per heavy atom. The smallest absolute Gasteiger partial charge is 0.0701 e. The fourth-order valence-corrected chi connectivity index (χ4v) is 1.20. The number of ether oxygens (including phenoxy) is 2. The zero-order valence-electron chi connectivity index (χ0n) is 9.53. The lowest BCUT2D eigenvalue weighted by Crippen LogP contribution is -2.11. The molecule has 0 saturated heterocycles. The van der Waals surface area contributed by atoms with Gasteiger partial charge in [-0.05, 0) is 24.3 Å². The third kappa shape index (κ3) is 4.83. The fraction of sp³-hybridized carbons (Fsp3) is 0.385. The lowest BCUT2D eigenvalue weighted by Gasteiger charge is -2.07. The van der Waals surface area contributed by atoms with E-state index in [-0.39, 0.29) is 0 Å². The molecule has 3 nitrogen and oxygen atoms in total. The monoisotopic (exact) mass is 219 g/mol. The largest absolute Gasteiger partial charge is 0.383 e. The van der Waals surface area contributed by atoms with Gasteiger partial charge in [0.15, 0.2) is 0 Å². The van der Waals surface area contributed by atoms with Crippen molar-refractivity contribution in [2.24, 2.45) is 0 Å². The van der Waals surface area contributed by atoms with Crippen LogP contribution in [-0.2, 0) is 9.47 Å². The second kappa shape index (κ2) is 7.75. The van der Waals surface area contributed by atoms with E-state index >= 15 is 0 Å². The molecule has 0 aliphatic heterocycles. The Labute approximate surface area is 96.8 Å². The first-order valence-electron chi connectivity index (χ1n) is 5.24. The molecule has 0 radical (unpaired) electrons. The molecule has 0 bridgehead atoms. The molecule has 16 heavy (non-hydrogen) atoms. The van der Waals surface area contributed by atoms with Gasteiger partial charge in [0.05, 0.1) is 19.8 Å². The average molecular weight is 219 g/mol. The van der Waals surface area contributed by atoms with Crippen molar-refractivity contribution in [1.82, 2.24) is 0 Å². The Morgan fingerprint density at radius 1 is 1.19 bits per heavy atom. The molecule has 86 valence electrons. The maximum atomic E-state index is 5.32. The molecule has 0 unspecified atom stereocenters. The second-order valence-corrected chi connectivity index (χ2v) is 3.25. The first kappa shape index (κ1) is 12.6. The molecule has 3 heteroatoms. The number of hydrogen-bond donors (Lipinski definition) is 1. The number of hydrogen-bond acceptors (Lipinski definition) is 3. The highest BCUT2D eigenvalue weighted by Crippen LogP contribution is 2.07. The normalized spacial score (nSPS) is 9.75. The van der Waals surface area contributed by atoms with Gasteiger partial charge in [-0.3, -0.25) is 0 Å². The van der Waals surface area contributed by atoms with Crippen molar-refractivity contribution in [2.75, 3.05) is 38.8 Å². The number of methoxy groups -OCH3 is 1. The number of nitrogens with one attached hydrogen (secondary N) is 1. The van der Waals surface area contributed by atoms with Crippen molar-refractivity contribution in [2.45, 2.75) is 0 Å². The van der Waals surface area contributed by atoms with Crippen LogP contribution in [0.2, 0.25) is 0 Å². The van der Waals surface area contributed by atoms with Gasteiger partial charge < -0.3 is 14.8 Å². The van der Waals surface area contributed by atoms with Crippen LogP contribution in [0.4, 0.5) is 5.69 Å². The average Bonchev–Trinajstić information content (AvgIpc) is 2.34. The molecule has 0 amide bonds. The van der Waals surface area contributed by atoms with Crippen molar-refractivity contribution in [1.29, 1.82) is 0 Å². The SMILES string of the molecule is C#Cc1ccc(NCCOCCOC)cc1. The lowest BCUT2D eigenvalue weighted by molar-refractivity contribution is 0.0759. The third-order valence-corrected chi connectivity index (χ3v) is 2.06. The van der Waals surface area contributed by atoms with E-state index in [2.05, 4.69) is 11.2 Å². The summed E-state index contributed by atoms with van der Waals surface area (Å²) in [6.45, 7) is 2.71. The van der Waals surface area contributed by atoms with Crippen LogP contribution >= 0.6 is 0 Å². The van der Waals surface area contributed by atoms with Crippen molar-refractivity contribution >= 4 is 5.69 Å². The molecular weight excluding hydrogens is 202 g/mol. The molecule has 0 spiro atoms. The molecule has 0 fully saturated rings. The van der Waals surface area contributed by atoms with Gasteiger partial charge in [0.2, 0.25) is 0 Å². The molecule has 0 aromatic heterocycles. The first-order valence-corrected chi connectivity index (χ1v) is 5.24. The van der Waals surface area contributed by atoms with Gasteiger partial charge in [-0.2, -0.15) is 0 Å². The molecule has 1 N–H and O–H groups in total. The molecule has 0 heterocycles. The minimum atomic E-state index is 0.633. The van der Waals surface area contributed by atoms with Gasteiger partial charge in [0, 0.05) is 24.9 Å². The molecule has 1 aromatic rings. The lowest BCUT2D eigenvalue weighted by atomic mass is 10.2.